The molecule has 5 rings (SSSR count). The zero-order valence-electron chi connectivity index (χ0n) is 15.0. The van der Waals surface area contributed by atoms with Crippen LogP contribution < -0.4 is 0 Å². The van der Waals surface area contributed by atoms with Gasteiger partial charge in [0.2, 0.25) is 5.91 Å². The highest BCUT2D eigenvalue weighted by atomic mass is 35.5. The van der Waals surface area contributed by atoms with Crippen molar-refractivity contribution in [2.24, 2.45) is 5.92 Å². The van der Waals surface area contributed by atoms with E-state index >= 15 is 0 Å². The Morgan fingerprint density at radius 2 is 2.19 bits per heavy atom. The Balaban J connectivity index is 1.43. The van der Waals surface area contributed by atoms with E-state index in [1.54, 1.807) is 17.1 Å². The Hall–Kier alpha value is -1.92. The van der Waals surface area contributed by atoms with Crippen molar-refractivity contribution >= 4 is 17.5 Å². The Morgan fingerprint density at radius 3 is 2.92 bits per heavy atom. The van der Waals surface area contributed by atoms with Crippen LogP contribution in [0.15, 0.2) is 30.7 Å². The molecule has 0 aliphatic carbocycles. The van der Waals surface area contributed by atoms with Gasteiger partial charge in [0.15, 0.2) is 0 Å². The van der Waals surface area contributed by atoms with Crippen LogP contribution in [0.2, 0.25) is 5.02 Å². The molecule has 0 saturated carbocycles. The van der Waals surface area contributed by atoms with E-state index in [0.717, 1.165) is 38.3 Å². The van der Waals surface area contributed by atoms with Gasteiger partial charge >= 0.3 is 0 Å². The van der Waals surface area contributed by atoms with Crippen LogP contribution in [0.5, 0.6) is 0 Å². The van der Waals surface area contributed by atoms with Crippen LogP contribution in [0.4, 0.5) is 0 Å². The number of nitrogens with zero attached hydrogens (tertiary/aromatic N) is 5. The van der Waals surface area contributed by atoms with Gasteiger partial charge in [0.25, 0.3) is 0 Å². The molecule has 26 heavy (non-hydrogen) atoms. The van der Waals surface area contributed by atoms with Crippen LogP contribution in [0, 0.1) is 12.8 Å². The summed E-state index contributed by atoms with van der Waals surface area (Å²) >= 11 is 6.06. The molecule has 0 spiro atoms. The van der Waals surface area contributed by atoms with Crippen LogP contribution in [0.25, 0.3) is 0 Å². The number of hydrogen-bond donors (Lipinski definition) is 0. The molecule has 3 saturated heterocycles. The number of aromatic nitrogens is 3. The Morgan fingerprint density at radius 1 is 1.31 bits per heavy atom. The van der Waals surface area contributed by atoms with E-state index in [0.29, 0.717) is 10.9 Å². The third-order valence-corrected chi connectivity index (χ3v) is 5.79. The zero-order chi connectivity index (χ0) is 18.1. The quantitative estimate of drug-likeness (QED) is 0.825. The number of pyridine rings is 1. The number of piperidine rings is 1. The fraction of sp³-hybridized carbons (Fsp3) is 0.526. The topological polar surface area (TPSA) is 54.3 Å². The molecule has 2 aromatic rings. The van der Waals surface area contributed by atoms with E-state index in [9.17, 15) is 4.79 Å². The number of halogens is 1. The number of rotatable bonds is 4. The highest BCUT2D eigenvalue weighted by molar-refractivity contribution is 6.31. The average molecular weight is 374 g/mol. The summed E-state index contributed by atoms with van der Waals surface area (Å²) in [5.74, 6) is 0.680. The maximum Gasteiger partial charge on any atom is 0.244 e. The summed E-state index contributed by atoms with van der Waals surface area (Å²) in [5, 5.41) is 4.93. The van der Waals surface area contributed by atoms with Crippen LogP contribution in [-0.4, -0.2) is 56.1 Å². The van der Waals surface area contributed by atoms with Crippen molar-refractivity contribution < 1.29 is 4.79 Å². The first kappa shape index (κ1) is 17.5. The molecule has 3 aliphatic rings. The Labute approximate surface area is 158 Å². The van der Waals surface area contributed by atoms with Gasteiger partial charge in [-0.2, -0.15) is 5.10 Å². The Kier molecular flexibility index (Phi) is 4.96. The van der Waals surface area contributed by atoms with Gasteiger partial charge in [-0.3, -0.25) is 19.4 Å². The summed E-state index contributed by atoms with van der Waals surface area (Å²) in [5.41, 5.74) is 1.99. The average Bonchev–Trinajstić information content (AvgIpc) is 2.79. The van der Waals surface area contributed by atoms with Crippen LogP contribution in [0.3, 0.4) is 0 Å². The van der Waals surface area contributed by atoms with Crippen molar-refractivity contribution in [3.63, 3.8) is 0 Å². The fourth-order valence-electron chi connectivity index (χ4n) is 4.17. The minimum Gasteiger partial charge on any atom is -0.336 e. The minimum absolute atomic E-state index is 0.141. The van der Waals surface area contributed by atoms with Crippen LogP contribution in [-0.2, 0) is 17.9 Å². The maximum atomic E-state index is 12.9. The second-order valence-electron chi connectivity index (χ2n) is 7.46. The lowest BCUT2D eigenvalue weighted by Gasteiger charge is -2.36. The monoisotopic (exact) mass is 373 g/mol. The predicted octanol–water partition coefficient (Wildman–Crippen LogP) is 2.36. The summed E-state index contributed by atoms with van der Waals surface area (Å²) < 4.78 is 1.66. The smallest absolute Gasteiger partial charge is 0.244 e. The predicted molar refractivity (Wildman–Crippen MR) is 99.7 cm³/mol. The maximum absolute atomic E-state index is 12.9. The number of aryl methyl sites for hydroxylation is 1. The van der Waals surface area contributed by atoms with Gasteiger partial charge in [-0.1, -0.05) is 17.7 Å². The van der Waals surface area contributed by atoms with E-state index in [1.807, 2.05) is 19.2 Å². The molecular weight excluding hydrogens is 350 g/mol. The van der Waals surface area contributed by atoms with Gasteiger partial charge in [0.1, 0.15) is 6.54 Å². The summed E-state index contributed by atoms with van der Waals surface area (Å²) in [6.45, 7) is 5.84. The van der Waals surface area contributed by atoms with Gasteiger partial charge in [0.05, 0.1) is 10.7 Å². The number of carbonyl (C=O) groups excluding carboxylic acids is 1. The van der Waals surface area contributed by atoms with Crippen molar-refractivity contribution in [2.45, 2.75) is 38.9 Å². The largest absolute Gasteiger partial charge is 0.336 e. The molecule has 6 nitrogen and oxygen atoms in total. The van der Waals surface area contributed by atoms with Crippen molar-refractivity contribution in [1.82, 2.24) is 24.6 Å². The second kappa shape index (κ2) is 7.37. The van der Waals surface area contributed by atoms with E-state index < -0.39 is 0 Å². The first-order valence-electron chi connectivity index (χ1n) is 9.19. The van der Waals surface area contributed by atoms with E-state index in [2.05, 4.69) is 25.9 Å². The molecule has 138 valence electrons. The molecule has 0 radical (unpaired) electrons. The molecule has 2 atom stereocenters. The van der Waals surface area contributed by atoms with Gasteiger partial charge in [0, 0.05) is 50.8 Å². The van der Waals surface area contributed by atoms with Gasteiger partial charge in [-0.25, -0.2) is 0 Å². The molecule has 0 unspecified atom stereocenters. The number of hydrogen-bond acceptors (Lipinski definition) is 4. The highest BCUT2D eigenvalue weighted by Crippen LogP contribution is 2.29. The van der Waals surface area contributed by atoms with Gasteiger partial charge < -0.3 is 4.90 Å². The van der Waals surface area contributed by atoms with Gasteiger partial charge in [-0.15, -0.1) is 0 Å². The van der Waals surface area contributed by atoms with E-state index in [-0.39, 0.29) is 18.5 Å². The first-order valence-corrected chi connectivity index (χ1v) is 9.56. The summed E-state index contributed by atoms with van der Waals surface area (Å²) in [4.78, 5) is 21.6. The zero-order valence-corrected chi connectivity index (χ0v) is 15.8. The molecule has 1 amide bonds. The van der Waals surface area contributed by atoms with Crippen LogP contribution >= 0.6 is 11.6 Å². The molecule has 2 bridgehead atoms. The number of carbonyl (C=O) groups is 1. The molecule has 3 fully saturated rings. The highest BCUT2D eigenvalue weighted by Gasteiger charge is 2.37. The lowest BCUT2D eigenvalue weighted by molar-refractivity contribution is -0.136. The minimum atomic E-state index is 0.141. The second-order valence-corrected chi connectivity index (χ2v) is 7.87. The Bertz CT molecular complexity index is 758. The lowest BCUT2D eigenvalue weighted by Crippen LogP contribution is -2.48. The SMILES string of the molecule is Cc1nn(CC(=O)N2C[C@@H]3CC[C@H]2CN(Cc2cccnc2)C3)cc1Cl. The van der Waals surface area contributed by atoms with Crippen molar-refractivity contribution in [3.8, 4) is 0 Å². The lowest BCUT2D eigenvalue weighted by atomic mass is 9.95. The summed E-state index contributed by atoms with van der Waals surface area (Å²) in [6, 6.07) is 4.38. The molecule has 5 heterocycles. The summed E-state index contributed by atoms with van der Waals surface area (Å²) in [6.07, 6.45) is 7.75. The molecular formula is C19H24ClN5O. The van der Waals surface area contributed by atoms with E-state index in [1.165, 1.54) is 12.0 Å². The third kappa shape index (κ3) is 3.76. The van der Waals surface area contributed by atoms with E-state index in [4.69, 9.17) is 11.6 Å². The molecule has 0 aromatic carbocycles. The van der Waals surface area contributed by atoms with Crippen LogP contribution in [0.1, 0.15) is 24.1 Å². The standard InChI is InChI=1S/C19H24ClN5O/c1-14-18(20)12-24(22-14)13-19(26)25-10-16-4-5-17(25)11-23(9-16)8-15-3-2-6-21-7-15/h2-3,6-7,12,16-17H,4-5,8-11,13H2,1H3/t16-,17+/m1/s1. The van der Waals surface area contributed by atoms with Crippen molar-refractivity contribution in [2.75, 3.05) is 19.6 Å². The third-order valence-electron chi connectivity index (χ3n) is 5.42. The van der Waals surface area contributed by atoms with Crippen molar-refractivity contribution in [3.05, 3.63) is 47.0 Å². The molecule has 0 N–H and O–H groups in total. The fourth-order valence-corrected chi connectivity index (χ4v) is 4.32. The molecule has 7 heteroatoms. The van der Waals surface area contributed by atoms with Gasteiger partial charge in [-0.05, 0) is 37.3 Å². The normalized spacial score (nSPS) is 23.2. The molecule has 3 aliphatic heterocycles. The number of fused-ring (bicyclic) bond motifs is 4. The first-order chi connectivity index (χ1) is 12.6. The van der Waals surface area contributed by atoms with Crippen molar-refractivity contribution in [1.29, 1.82) is 0 Å². The summed E-state index contributed by atoms with van der Waals surface area (Å²) in [7, 11) is 0. The molecule has 2 aromatic heterocycles. The number of amides is 1.